The fourth-order valence-corrected chi connectivity index (χ4v) is 6.70. The zero-order chi connectivity index (χ0) is 27.7. The Balaban J connectivity index is 1.24. The van der Waals surface area contributed by atoms with Crippen molar-refractivity contribution in [2.75, 3.05) is 19.7 Å². The molecule has 0 radical (unpaired) electrons. The van der Waals surface area contributed by atoms with Crippen molar-refractivity contribution in [2.24, 2.45) is 13.0 Å². The van der Waals surface area contributed by atoms with Crippen LogP contribution in [-0.2, 0) is 18.3 Å². The maximum atomic E-state index is 14.3. The van der Waals surface area contributed by atoms with Crippen LogP contribution >= 0.6 is 0 Å². The van der Waals surface area contributed by atoms with Gasteiger partial charge in [0.25, 0.3) is 0 Å². The average molecular weight is 552 g/mol. The molecule has 212 valence electrons. The number of fused-ring (bicyclic) bond motifs is 1. The van der Waals surface area contributed by atoms with Crippen LogP contribution in [0.1, 0.15) is 91.4 Å². The van der Waals surface area contributed by atoms with Gasteiger partial charge < -0.3 is 13.7 Å². The summed E-state index contributed by atoms with van der Waals surface area (Å²) in [6.07, 6.45) is 10.6. The lowest BCUT2D eigenvalue weighted by Gasteiger charge is -2.31. The van der Waals surface area contributed by atoms with E-state index in [2.05, 4.69) is 46.3 Å². The van der Waals surface area contributed by atoms with E-state index < -0.39 is 0 Å². The van der Waals surface area contributed by atoms with Gasteiger partial charge in [0.15, 0.2) is 0 Å². The molecule has 0 unspecified atom stereocenters. The van der Waals surface area contributed by atoms with Crippen molar-refractivity contribution in [3.05, 3.63) is 75.3 Å². The minimum absolute atomic E-state index is 0.0124. The quantitative estimate of drug-likeness (QED) is 0.286. The molecule has 3 aromatic heterocycles. The first-order valence-electron chi connectivity index (χ1n) is 15.3. The first-order valence-corrected chi connectivity index (χ1v) is 15.3. The van der Waals surface area contributed by atoms with Gasteiger partial charge in [-0.05, 0) is 92.2 Å². The number of aryl methyl sites for hydroxylation is 1. The molecule has 4 aliphatic rings. The predicted molar refractivity (Wildman–Crippen MR) is 156 cm³/mol. The monoisotopic (exact) mass is 551 g/mol. The molecule has 4 heterocycles. The third-order valence-corrected chi connectivity index (χ3v) is 9.33. The molecule has 8 rings (SSSR count). The minimum Gasteiger partial charge on any atom is -0.463 e. The van der Waals surface area contributed by atoms with Gasteiger partial charge in [-0.1, -0.05) is 6.07 Å². The van der Waals surface area contributed by atoms with Crippen molar-refractivity contribution in [3.63, 3.8) is 0 Å². The molecule has 41 heavy (non-hydrogen) atoms. The molecule has 0 bridgehead atoms. The summed E-state index contributed by atoms with van der Waals surface area (Å²) in [7, 11) is 2.01. The van der Waals surface area contributed by atoms with Gasteiger partial charge in [0, 0.05) is 44.2 Å². The molecule has 1 saturated heterocycles. The largest absolute Gasteiger partial charge is 0.463 e. The van der Waals surface area contributed by atoms with Crippen molar-refractivity contribution >= 4 is 11.0 Å². The number of ether oxygens (including phenoxy) is 1. The highest BCUT2D eigenvalue weighted by Gasteiger charge is 2.38. The Morgan fingerprint density at radius 3 is 2.59 bits per heavy atom. The van der Waals surface area contributed by atoms with Crippen LogP contribution in [0.4, 0.5) is 0 Å². The van der Waals surface area contributed by atoms with Gasteiger partial charge in [0.2, 0.25) is 5.43 Å². The summed E-state index contributed by atoms with van der Waals surface area (Å²) in [5.74, 6) is 2.61. The van der Waals surface area contributed by atoms with Crippen LogP contribution in [0.3, 0.4) is 0 Å². The molecule has 3 aliphatic carbocycles. The fraction of sp³-hybridized carbons (Fsp3) is 0.515. The Labute approximate surface area is 239 Å². The van der Waals surface area contributed by atoms with Gasteiger partial charge in [0.05, 0.1) is 29.4 Å². The SMILES string of the molecule is C[C@@H]1CN(Cc2cc(C3CC3)c3occ(-c4cc([C@@H](c5nncn5C)C5CC5)cc(C5CC5)n4)c(=O)c3c2)CCO1. The highest BCUT2D eigenvalue weighted by atomic mass is 16.5. The molecular weight excluding hydrogens is 514 g/mol. The molecule has 3 saturated carbocycles. The van der Waals surface area contributed by atoms with E-state index in [1.807, 2.05) is 11.6 Å². The van der Waals surface area contributed by atoms with Gasteiger partial charge in [-0.25, -0.2) is 0 Å². The smallest absolute Gasteiger partial charge is 0.202 e. The summed E-state index contributed by atoms with van der Waals surface area (Å²) in [5.41, 5.74) is 6.64. The van der Waals surface area contributed by atoms with E-state index in [1.165, 1.54) is 29.5 Å². The van der Waals surface area contributed by atoms with Crippen molar-refractivity contribution in [3.8, 4) is 11.3 Å². The summed E-state index contributed by atoms with van der Waals surface area (Å²) < 4.78 is 14.1. The zero-order valence-electron chi connectivity index (χ0n) is 23.9. The van der Waals surface area contributed by atoms with Crippen LogP contribution in [0.2, 0.25) is 0 Å². The van der Waals surface area contributed by atoms with Crippen LogP contribution < -0.4 is 5.43 Å². The summed E-state index contributed by atoms with van der Waals surface area (Å²) >= 11 is 0. The molecule has 0 N–H and O–H groups in total. The topological polar surface area (TPSA) is 86.3 Å². The van der Waals surface area contributed by atoms with E-state index in [0.717, 1.165) is 69.0 Å². The first-order chi connectivity index (χ1) is 20.0. The summed E-state index contributed by atoms with van der Waals surface area (Å²) in [6, 6.07) is 8.71. The van der Waals surface area contributed by atoms with Crippen LogP contribution in [0.5, 0.6) is 0 Å². The zero-order valence-corrected chi connectivity index (χ0v) is 23.9. The van der Waals surface area contributed by atoms with E-state index in [-0.39, 0.29) is 17.5 Å². The molecule has 1 aromatic carbocycles. The number of rotatable bonds is 8. The predicted octanol–water partition coefficient (Wildman–Crippen LogP) is 5.50. The highest BCUT2D eigenvalue weighted by molar-refractivity contribution is 5.85. The maximum Gasteiger partial charge on any atom is 0.202 e. The van der Waals surface area contributed by atoms with Crippen molar-refractivity contribution in [1.82, 2.24) is 24.6 Å². The van der Waals surface area contributed by atoms with Crippen LogP contribution in [0, 0.1) is 5.92 Å². The minimum atomic E-state index is 0.0124. The summed E-state index contributed by atoms with van der Waals surface area (Å²) in [5, 5.41) is 9.36. The molecule has 1 aliphatic heterocycles. The number of aromatic nitrogens is 4. The number of pyridine rings is 1. The lowest BCUT2D eigenvalue weighted by Crippen LogP contribution is -2.40. The van der Waals surface area contributed by atoms with Gasteiger partial charge in [0.1, 0.15) is 24.0 Å². The maximum absolute atomic E-state index is 14.3. The lowest BCUT2D eigenvalue weighted by atomic mass is 9.91. The number of hydrogen-bond donors (Lipinski definition) is 0. The average Bonchev–Trinajstić information content (AvgIpc) is 3.83. The third-order valence-electron chi connectivity index (χ3n) is 9.33. The van der Waals surface area contributed by atoms with Gasteiger partial charge in [-0.2, -0.15) is 0 Å². The number of hydrogen-bond acceptors (Lipinski definition) is 7. The Hall–Kier alpha value is -3.36. The molecule has 8 nitrogen and oxygen atoms in total. The van der Waals surface area contributed by atoms with Gasteiger partial charge >= 0.3 is 0 Å². The molecule has 2 atom stereocenters. The van der Waals surface area contributed by atoms with E-state index in [4.69, 9.17) is 14.1 Å². The summed E-state index contributed by atoms with van der Waals surface area (Å²) in [6.45, 7) is 5.49. The normalized spacial score (nSPS) is 22.3. The van der Waals surface area contributed by atoms with Crippen LogP contribution in [-0.4, -0.2) is 50.4 Å². The summed E-state index contributed by atoms with van der Waals surface area (Å²) in [4.78, 5) is 21.8. The standard InChI is InChI=1S/C33H37N5O3/c1-19-15-38(9-10-40-19)16-20-11-25(21-3-4-21)32-26(12-20)31(39)27(17-41-32)29-14-24(13-28(35-29)22-5-6-22)30(23-7-8-23)33-36-34-18-37(33)2/h11-14,17-19,21-23,30H,3-10,15-16H2,1-2H3/t19-,30+/m1/s1. The third kappa shape index (κ3) is 4.91. The molecular formula is C33H37N5O3. The van der Waals surface area contributed by atoms with Gasteiger partial charge in [-0.3, -0.25) is 14.7 Å². The fourth-order valence-electron chi connectivity index (χ4n) is 6.70. The number of morpholine rings is 1. The Kier molecular flexibility index (Phi) is 6.11. The van der Waals surface area contributed by atoms with E-state index >= 15 is 0 Å². The second-order valence-corrected chi connectivity index (χ2v) is 12.8. The molecule has 0 amide bonds. The van der Waals surface area contributed by atoms with Gasteiger partial charge in [-0.15, -0.1) is 10.2 Å². The Bertz CT molecular complexity index is 1680. The van der Waals surface area contributed by atoms with E-state index in [0.29, 0.717) is 34.4 Å². The second-order valence-electron chi connectivity index (χ2n) is 12.8. The number of benzene rings is 1. The molecule has 8 heteroatoms. The van der Waals surface area contributed by atoms with E-state index in [1.54, 1.807) is 12.6 Å². The first kappa shape index (κ1) is 25.4. The highest BCUT2D eigenvalue weighted by Crippen LogP contribution is 2.48. The molecule has 4 aromatic rings. The van der Waals surface area contributed by atoms with E-state index in [9.17, 15) is 4.79 Å². The van der Waals surface area contributed by atoms with Crippen molar-refractivity contribution < 1.29 is 9.15 Å². The lowest BCUT2D eigenvalue weighted by molar-refractivity contribution is -0.0212. The Morgan fingerprint density at radius 1 is 1.05 bits per heavy atom. The van der Waals surface area contributed by atoms with Crippen molar-refractivity contribution in [1.29, 1.82) is 0 Å². The molecule has 0 spiro atoms. The second kappa shape index (κ2) is 9.88. The van der Waals surface area contributed by atoms with Crippen molar-refractivity contribution in [2.45, 2.75) is 75.9 Å². The Morgan fingerprint density at radius 2 is 1.88 bits per heavy atom. The molecule has 4 fully saturated rings. The van der Waals surface area contributed by atoms with Crippen LogP contribution in [0.15, 0.2) is 46.1 Å². The van der Waals surface area contributed by atoms with Crippen LogP contribution in [0.25, 0.3) is 22.2 Å². The number of nitrogens with zero attached hydrogens (tertiary/aromatic N) is 5.